The number of halogens is 2. The molecule has 0 atom stereocenters. The van der Waals surface area contributed by atoms with Crippen molar-refractivity contribution in [3.8, 4) is 0 Å². The van der Waals surface area contributed by atoms with Crippen molar-refractivity contribution in [2.24, 2.45) is 12.8 Å². The molecule has 2 N–H and O–H groups in total. The summed E-state index contributed by atoms with van der Waals surface area (Å²) < 4.78 is 1.80. The van der Waals surface area contributed by atoms with Gasteiger partial charge >= 0.3 is 0 Å². The molecule has 0 fully saturated rings. The Morgan fingerprint density at radius 1 is 1.55 bits per heavy atom. The molecule has 0 saturated carbocycles. The third kappa shape index (κ3) is 2.69. The van der Waals surface area contributed by atoms with Crippen LogP contribution in [0.25, 0.3) is 0 Å². The van der Waals surface area contributed by atoms with Crippen LogP contribution in [0.15, 0.2) is 6.20 Å². The van der Waals surface area contributed by atoms with Crippen LogP contribution in [0.5, 0.6) is 0 Å². The van der Waals surface area contributed by atoms with Crippen molar-refractivity contribution in [3.63, 3.8) is 0 Å². The molecule has 5 heteroatoms. The van der Waals surface area contributed by atoms with Gasteiger partial charge in [-0.1, -0.05) is 0 Å². The van der Waals surface area contributed by atoms with Crippen LogP contribution in [0.3, 0.4) is 0 Å². The molecule has 1 aromatic heterocycles. The Morgan fingerprint density at radius 3 is 2.27 bits per heavy atom. The highest BCUT2D eigenvalue weighted by Gasteiger charge is 1.98. The molecule has 1 aromatic rings. The van der Waals surface area contributed by atoms with Gasteiger partial charge in [0.25, 0.3) is 0 Å². The fourth-order valence-electron chi connectivity index (χ4n) is 0.866. The maximum Gasteiger partial charge on any atom is 0.0545 e. The summed E-state index contributed by atoms with van der Waals surface area (Å²) in [7, 11) is 1.90. The van der Waals surface area contributed by atoms with Crippen molar-refractivity contribution < 1.29 is 0 Å². The van der Waals surface area contributed by atoms with Gasteiger partial charge in [-0.05, 0) is 12.5 Å². The lowest BCUT2D eigenvalue weighted by Crippen LogP contribution is -2.05. The van der Waals surface area contributed by atoms with Crippen molar-refractivity contribution in [1.82, 2.24) is 9.78 Å². The standard InChI is InChI=1S/C6H11N3.2ClH/c1-5-4-8-9(2)6(5)3-7;;/h4H,3,7H2,1-2H3;2*1H. The largest absolute Gasteiger partial charge is 0.325 e. The molecule has 0 aliphatic carbocycles. The molecule has 3 nitrogen and oxygen atoms in total. The minimum absolute atomic E-state index is 0. The van der Waals surface area contributed by atoms with E-state index in [1.807, 2.05) is 20.2 Å². The van der Waals surface area contributed by atoms with Crippen LogP contribution in [0.2, 0.25) is 0 Å². The van der Waals surface area contributed by atoms with Gasteiger partial charge in [0, 0.05) is 13.6 Å². The zero-order chi connectivity index (χ0) is 6.85. The van der Waals surface area contributed by atoms with E-state index in [4.69, 9.17) is 5.73 Å². The molecule has 0 bridgehead atoms. The summed E-state index contributed by atoms with van der Waals surface area (Å²) >= 11 is 0. The number of hydrogen-bond acceptors (Lipinski definition) is 2. The minimum atomic E-state index is 0. The number of nitrogens with zero attached hydrogens (tertiary/aromatic N) is 2. The first-order chi connectivity index (χ1) is 4.25. The van der Waals surface area contributed by atoms with Gasteiger partial charge in [0.1, 0.15) is 0 Å². The van der Waals surface area contributed by atoms with Crippen molar-refractivity contribution in [3.05, 3.63) is 17.5 Å². The molecular formula is C6H13Cl2N3. The highest BCUT2D eigenvalue weighted by Crippen LogP contribution is 2.02. The second kappa shape index (κ2) is 5.41. The van der Waals surface area contributed by atoms with E-state index in [1.54, 1.807) is 4.68 Å². The summed E-state index contributed by atoms with van der Waals surface area (Å²) in [6.45, 7) is 2.58. The van der Waals surface area contributed by atoms with Crippen LogP contribution in [0.1, 0.15) is 11.3 Å². The topological polar surface area (TPSA) is 43.8 Å². The zero-order valence-corrected chi connectivity index (χ0v) is 8.21. The summed E-state index contributed by atoms with van der Waals surface area (Å²) in [6, 6.07) is 0. The van der Waals surface area contributed by atoms with Gasteiger partial charge in [-0.15, -0.1) is 24.8 Å². The van der Waals surface area contributed by atoms with E-state index in [0.29, 0.717) is 6.54 Å². The Bertz CT molecular complexity index is 190. The van der Waals surface area contributed by atoms with Crippen molar-refractivity contribution in [1.29, 1.82) is 0 Å². The molecule has 0 aromatic carbocycles. The lowest BCUT2D eigenvalue weighted by molar-refractivity contribution is 0.710. The molecule has 11 heavy (non-hydrogen) atoms. The average molecular weight is 198 g/mol. The van der Waals surface area contributed by atoms with Crippen LogP contribution in [0, 0.1) is 6.92 Å². The monoisotopic (exact) mass is 197 g/mol. The first-order valence-electron chi connectivity index (χ1n) is 2.93. The predicted octanol–water partition coefficient (Wildman–Crippen LogP) is 1.03. The Morgan fingerprint density at radius 2 is 2.09 bits per heavy atom. The quantitative estimate of drug-likeness (QED) is 0.732. The number of nitrogens with two attached hydrogens (primary N) is 1. The van der Waals surface area contributed by atoms with E-state index in [9.17, 15) is 0 Å². The second-order valence-corrected chi connectivity index (χ2v) is 2.10. The SMILES string of the molecule is Cc1cnn(C)c1CN.Cl.Cl. The van der Waals surface area contributed by atoms with E-state index in [1.165, 1.54) is 5.56 Å². The Hall–Kier alpha value is -0.250. The van der Waals surface area contributed by atoms with Crippen LogP contribution in [-0.2, 0) is 13.6 Å². The lowest BCUT2D eigenvalue weighted by atomic mass is 10.3. The van der Waals surface area contributed by atoms with E-state index >= 15 is 0 Å². The molecule has 66 valence electrons. The smallest absolute Gasteiger partial charge is 0.0545 e. The van der Waals surface area contributed by atoms with Crippen molar-refractivity contribution in [2.75, 3.05) is 0 Å². The van der Waals surface area contributed by atoms with Crippen molar-refractivity contribution in [2.45, 2.75) is 13.5 Å². The van der Waals surface area contributed by atoms with Gasteiger partial charge in [-0.25, -0.2) is 0 Å². The third-order valence-electron chi connectivity index (χ3n) is 1.46. The van der Waals surface area contributed by atoms with Gasteiger partial charge < -0.3 is 5.73 Å². The lowest BCUT2D eigenvalue weighted by Gasteiger charge is -1.96. The molecule has 1 rings (SSSR count). The number of rotatable bonds is 1. The summed E-state index contributed by atoms with van der Waals surface area (Å²) in [5, 5.41) is 4.02. The molecule has 0 amide bonds. The maximum atomic E-state index is 5.44. The van der Waals surface area contributed by atoms with Crippen LogP contribution in [0.4, 0.5) is 0 Å². The second-order valence-electron chi connectivity index (χ2n) is 2.10. The number of aromatic nitrogens is 2. The fraction of sp³-hybridized carbons (Fsp3) is 0.500. The molecule has 0 aliphatic rings. The van der Waals surface area contributed by atoms with Gasteiger partial charge in [0.2, 0.25) is 0 Å². The van der Waals surface area contributed by atoms with Gasteiger partial charge in [0.05, 0.1) is 11.9 Å². The molecule has 0 aliphatic heterocycles. The first-order valence-corrected chi connectivity index (χ1v) is 2.93. The Balaban J connectivity index is 0. The fourth-order valence-corrected chi connectivity index (χ4v) is 0.866. The summed E-state index contributed by atoms with van der Waals surface area (Å²) in [5.41, 5.74) is 7.71. The van der Waals surface area contributed by atoms with Gasteiger partial charge in [0.15, 0.2) is 0 Å². The van der Waals surface area contributed by atoms with E-state index in [0.717, 1.165) is 5.69 Å². The third-order valence-corrected chi connectivity index (χ3v) is 1.46. The summed E-state index contributed by atoms with van der Waals surface area (Å²) in [4.78, 5) is 0. The predicted molar refractivity (Wildman–Crippen MR) is 50.3 cm³/mol. The van der Waals surface area contributed by atoms with Crippen molar-refractivity contribution >= 4 is 24.8 Å². The Labute approximate surface area is 78.8 Å². The number of aryl methyl sites for hydroxylation is 2. The first kappa shape index (κ1) is 13.3. The highest BCUT2D eigenvalue weighted by molar-refractivity contribution is 5.85. The van der Waals surface area contributed by atoms with E-state index in [2.05, 4.69) is 5.10 Å². The molecule has 0 saturated heterocycles. The average Bonchev–Trinajstić information content (AvgIpc) is 2.12. The molecule has 0 unspecified atom stereocenters. The normalized spacial score (nSPS) is 8.27. The van der Waals surface area contributed by atoms with Gasteiger partial charge in [-0.3, -0.25) is 4.68 Å². The van der Waals surface area contributed by atoms with Crippen LogP contribution in [-0.4, -0.2) is 9.78 Å². The molecule has 0 spiro atoms. The molecule has 0 radical (unpaired) electrons. The highest BCUT2D eigenvalue weighted by atomic mass is 35.5. The molecular weight excluding hydrogens is 185 g/mol. The Kier molecular flexibility index (Phi) is 6.56. The minimum Gasteiger partial charge on any atom is -0.325 e. The van der Waals surface area contributed by atoms with Gasteiger partial charge in [-0.2, -0.15) is 5.10 Å². The van der Waals surface area contributed by atoms with E-state index < -0.39 is 0 Å². The van der Waals surface area contributed by atoms with E-state index in [-0.39, 0.29) is 24.8 Å². The molecule has 1 heterocycles. The van der Waals surface area contributed by atoms with Crippen LogP contribution < -0.4 is 5.73 Å². The summed E-state index contributed by atoms with van der Waals surface area (Å²) in [5.74, 6) is 0. The van der Waals surface area contributed by atoms with Crippen LogP contribution >= 0.6 is 24.8 Å². The maximum absolute atomic E-state index is 5.44. The number of hydrogen-bond donors (Lipinski definition) is 1. The zero-order valence-electron chi connectivity index (χ0n) is 6.57. The summed E-state index contributed by atoms with van der Waals surface area (Å²) in [6.07, 6.45) is 1.82.